The molecular weight excluding hydrogens is 278 g/mol. The Kier molecular flexibility index (Phi) is 7.43. The van der Waals surface area contributed by atoms with Gasteiger partial charge in [0.2, 0.25) is 0 Å². The summed E-state index contributed by atoms with van der Waals surface area (Å²) in [5, 5.41) is 7.85. The van der Waals surface area contributed by atoms with Gasteiger partial charge in [0.1, 0.15) is 25.3 Å². The van der Waals surface area contributed by atoms with Gasteiger partial charge in [0.15, 0.2) is 0 Å². The second kappa shape index (κ2) is 7.97. The van der Waals surface area contributed by atoms with Gasteiger partial charge in [-0.25, -0.2) is 9.59 Å². The van der Waals surface area contributed by atoms with E-state index in [9.17, 15) is 23.6 Å². The minimum Gasteiger partial charge on any atom is -0.691 e. The van der Waals surface area contributed by atoms with E-state index in [0.29, 0.717) is 0 Å². The molecule has 0 unspecified atom stereocenters. The van der Waals surface area contributed by atoms with Gasteiger partial charge in [0.05, 0.1) is 0 Å². The van der Waals surface area contributed by atoms with Crippen LogP contribution in [0.25, 0.3) is 0 Å². The summed E-state index contributed by atoms with van der Waals surface area (Å²) < 4.78 is 37.3. The average Bonchev–Trinajstić information content (AvgIpc) is 2.31. The largest absolute Gasteiger partial charge is 0.691 e. The van der Waals surface area contributed by atoms with Gasteiger partial charge in [-0.05, 0) is 6.92 Å². The number of halogens is 2. The molecule has 0 aliphatic carbocycles. The van der Waals surface area contributed by atoms with Crippen molar-refractivity contribution in [2.24, 2.45) is 0 Å². The van der Waals surface area contributed by atoms with Crippen LogP contribution in [0.15, 0.2) is 12.2 Å². The lowest BCUT2D eigenvalue weighted by Crippen LogP contribution is -2.29. The molecule has 0 bridgehead atoms. The third-order valence-electron chi connectivity index (χ3n) is 1.30. The molecule has 10 heteroatoms. The highest BCUT2D eigenvalue weighted by Crippen LogP contribution is 2.30. The normalized spacial score (nSPS) is 10.9. The predicted octanol–water partition coefficient (Wildman–Crippen LogP) is 0.113. The lowest BCUT2D eigenvalue weighted by Gasteiger charge is -2.13. The zero-order chi connectivity index (χ0) is 14.2. The number of carbonyl (C=O) groups is 2. The van der Waals surface area contributed by atoms with Crippen LogP contribution in [0.5, 0.6) is 0 Å². The molecule has 0 radical (unpaired) electrons. The van der Waals surface area contributed by atoms with E-state index in [1.807, 2.05) is 0 Å². The van der Waals surface area contributed by atoms with E-state index in [1.165, 1.54) is 6.92 Å². The lowest BCUT2D eigenvalue weighted by atomic mass is 10.4. The van der Waals surface area contributed by atoms with E-state index >= 15 is 0 Å². The average molecular weight is 287 g/mol. The zero-order valence-electron chi connectivity index (χ0n) is 9.14. The highest BCUT2D eigenvalue weighted by molar-refractivity contribution is 7.96. The third-order valence-corrected chi connectivity index (χ3v) is 1.80. The van der Waals surface area contributed by atoms with Gasteiger partial charge in [-0.2, -0.15) is 13.1 Å². The van der Waals surface area contributed by atoms with Gasteiger partial charge in [-0.3, -0.25) is 5.04 Å². The third kappa shape index (κ3) is 6.49. The fraction of sp³-hybridized carbons (Fsp3) is 0.500. The minimum absolute atomic E-state index is 0.114. The zero-order valence-corrected chi connectivity index (χ0v) is 9.96. The number of alkyl halides is 2. The molecular formula is C8H9F2O7S-. The maximum atomic E-state index is 12.7. The molecule has 0 amide bonds. The van der Waals surface area contributed by atoms with Crippen LogP contribution in [-0.4, -0.2) is 30.4 Å². The summed E-state index contributed by atoms with van der Waals surface area (Å²) in [6, 6.07) is 0. The van der Waals surface area contributed by atoms with Crippen LogP contribution in [-0.2, 0) is 28.4 Å². The molecule has 0 aromatic carbocycles. The molecule has 0 fully saturated rings. The topological polar surface area (TPSA) is 94.1 Å². The highest BCUT2D eigenvalue weighted by atomic mass is 32.2. The number of hydrogen-bond donors (Lipinski definition) is 0. The lowest BCUT2D eigenvalue weighted by molar-refractivity contribution is -0.777. The second-order valence-electron chi connectivity index (χ2n) is 2.79. The van der Waals surface area contributed by atoms with Gasteiger partial charge in [-0.15, -0.1) is 0 Å². The van der Waals surface area contributed by atoms with E-state index in [-0.39, 0.29) is 5.57 Å². The smallest absolute Gasteiger partial charge is 0.415 e. The standard InChI is InChI=1S/C8H10F2O7S/c1-5(2)6(11)14-3-4-15-7(12)8(9,10)18-17-16-13/h13H,1,3-4H2,2H3/p-1. The fourth-order valence-electron chi connectivity index (χ4n) is 0.567. The van der Waals surface area contributed by atoms with Gasteiger partial charge in [-0.1, -0.05) is 6.58 Å². The Labute approximate surface area is 105 Å². The van der Waals surface area contributed by atoms with Crippen LogP contribution in [0.1, 0.15) is 6.92 Å². The van der Waals surface area contributed by atoms with Crippen molar-refractivity contribution >= 4 is 24.0 Å². The first-order valence-electron chi connectivity index (χ1n) is 4.33. The molecule has 104 valence electrons. The number of carbonyl (C=O) groups excluding carboxylic acids is 2. The minimum atomic E-state index is -4.11. The maximum absolute atomic E-state index is 12.7. The predicted molar refractivity (Wildman–Crippen MR) is 51.4 cm³/mol. The van der Waals surface area contributed by atoms with Crippen molar-refractivity contribution in [1.29, 1.82) is 0 Å². The monoisotopic (exact) mass is 287 g/mol. The molecule has 0 N–H and O–H groups in total. The molecule has 0 saturated heterocycles. The highest BCUT2D eigenvalue weighted by Gasteiger charge is 2.43. The number of esters is 2. The van der Waals surface area contributed by atoms with E-state index in [0.717, 1.165) is 0 Å². The molecule has 18 heavy (non-hydrogen) atoms. The van der Waals surface area contributed by atoms with Gasteiger partial charge < -0.3 is 14.7 Å². The number of hydrogen-bond acceptors (Lipinski definition) is 8. The molecule has 7 nitrogen and oxygen atoms in total. The first kappa shape index (κ1) is 16.8. The Morgan fingerprint density at radius 2 is 1.89 bits per heavy atom. The number of rotatable bonds is 8. The molecule has 0 aliphatic heterocycles. The van der Waals surface area contributed by atoms with Gasteiger partial charge in [0, 0.05) is 5.57 Å². The summed E-state index contributed by atoms with van der Waals surface area (Å²) in [7, 11) is 0. The Bertz CT molecular complexity index is 321. The first-order valence-corrected chi connectivity index (χ1v) is 5.07. The second-order valence-corrected chi connectivity index (χ2v) is 3.60. The van der Waals surface area contributed by atoms with Crippen LogP contribution in [0.3, 0.4) is 0 Å². The summed E-state index contributed by atoms with van der Waals surface area (Å²) >= 11 is -0.808. The molecule has 0 rings (SSSR count). The summed E-state index contributed by atoms with van der Waals surface area (Å²) in [6.07, 6.45) is 0. The van der Waals surface area contributed by atoms with Crippen LogP contribution in [0.2, 0.25) is 0 Å². The summed E-state index contributed by atoms with van der Waals surface area (Å²) in [5.74, 6) is -2.70. The SMILES string of the molecule is C=C(C)C(=O)OCCOC(=O)C(F)(F)SOO[O-]. The van der Waals surface area contributed by atoms with Gasteiger partial charge in [0.25, 0.3) is 0 Å². The Hall–Kier alpha value is -1.23. The fourth-order valence-corrected chi connectivity index (χ4v) is 0.807. The molecule has 0 heterocycles. The van der Waals surface area contributed by atoms with Crippen molar-refractivity contribution in [3.05, 3.63) is 12.2 Å². The Morgan fingerprint density at radius 1 is 1.33 bits per heavy atom. The first-order chi connectivity index (χ1) is 8.31. The van der Waals surface area contributed by atoms with E-state index in [1.54, 1.807) is 0 Å². The van der Waals surface area contributed by atoms with Crippen molar-refractivity contribution in [3.8, 4) is 0 Å². The maximum Gasteiger partial charge on any atom is 0.415 e. The summed E-state index contributed by atoms with van der Waals surface area (Å²) in [5.41, 5.74) is 0.114. The van der Waals surface area contributed by atoms with Crippen molar-refractivity contribution < 1.29 is 42.5 Å². The van der Waals surface area contributed by atoms with Crippen molar-refractivity contribution in [3.63, 3.8) is 0 Å². The molecule has 0 spiro atoms. The Balaban J connectivity index is 3.89. The van der Waals surface area contributed by atoms with E-state index in [2.05, 4.69) is 25.4 Å². The quantitative estimate of drug-likeness (QED) is 0.155. The van der Waals surface area contributed by atoms with Crippen molar-refractivity contribution in [1.82, 2.24) is 0 Å². The van der Waals surface area contributed by atoms with Gasteiger partial charge >= 0.3 is 17.2 Å². The van der Waals surface area contributed by atoms with Crippen LogP contribution in [0, 0.1) is 0 Å². The number of ether oxygens (including phenoxy) is 2. The van der Waals surface area contributed by atoms with Crippen LogP contribution >= 0.6 is 12.0 Å². The molecule has 0 aromatic heterocycles. The van der Waals surface area contributed by atoms with Crippen LogP contribution in [0.4, 0.5) is 8.78 Å². The Morgan fingerprint density at radius 3 is 2.39 bits per heavy atom. The molecule has 0 saturated carbocycles. The van der Waals surface area contributed by atoms with Crippen LogP contribution < -0.4 is 5.26 Å². The van der Waals surface area contributed by atoms with Crippen molar-refractivity contribution in [2.75, 3.05) is 13.2 Å². The molecule has 0 aromatic rings. The van der Waals surface area contributed by atoms with Crippen molar-refractivity contribution in [2.45, 2.75) is 12.2 Å². The summed E-state index contributed by atoms with van der Waals surface area (Å²) in [4.78, 5) is 21.6. The van der Waals surface area contributed by atoms with E-state index < -0.39 is 42.4 Å². The molecule has 0 aliphatic rings. The molecule has 0 atom stereocenters. The summed E-state index contributed by atoms with van der Waals surface area (Å²) in [6.45, 7) is 3.68. The van der Waals surface area contributed by atoms with E-state index in [4.69, 9.17) is 0 Å².